The highest BCUT2D eigenvalue weighted by Crippen LogP contribution is 2.33. The molecule has 2 aromatic rings. The Labute approximate surface area is 171 Å². The van der Waals surface area contributed by atoms with Crippen LogP contribution in [0.25, 0.3) is 6.08 Å². The summed E-state index contributed by atoms with van der Waals surface area (Å²) in [5.74, 6) is 0.401. The van der Waals surface area contributed by atoms with E-state index < -0.39 is 11.9 Å². The smallest absolute Gasteiger partial charge is 0.354 e. The quantitative estimate of drug-likeness (QED) is 0.533. The summed E-state index contributed by atoms with van der Waals surface area (Å²) in [4.78, 5) is 25.1. The van der Waals surface area contributed by atoms with Crippen LogP contribution in [0.1, 0.15) is 29.8 Å². The van der Waals surface area contributed by atoms with Crippen LogP contribution in [-0.2, 0) is 9.53 Å². The molecule has 0 radical (unpaired) electrons. The van der Waals surface area contributed by atoms with Crippen molar-refractivity contribution in [3.8, 4) is 11.5 Å². The van der Waals surface area contributed by atoms with Gasteiger partial charge in [-0.05, 0) is 54.0 Å². The van der Waals surface area contributed by atoms with Gasteiger partial charge in [-0.15, -0.1) is 0 Å². The van der Waals surface area contributed by atoms with E-state index in [-0.39, 0.29) is 25.0 Å². The molecule has 1 N–H and O–H groups in total. The van der Waals surface area contributed by atoms with Gasteiger partial charge in [0.1, 0.15) is 5.70 Å². The molecule has 1 heterocycles. The largest absolute Gasteiger partial charge is 0.461 e. The van der Waals surface area contributed by atoms with E-state index in [1.807, 2.05) is 13.8 Å². The lowest BCUT2D eigenvalue weighted by Gasteiger charge is -2.12. The van der Waals surface area contributed by atoms with Gasteiger partial charge in [0, 0.05) is 10.0 Å². The summed E-state index contributed by atoms with van der Waals surface area (Å²) < 4.78 is 16.8. The number of carbonyl (C=O) groups excluding carboxylic acids is 2. The van der Waals surface area contributed by atoms with Crippen LogP contribution in [0, 0.1) is 5.92 Å². The number of nitrogens with one attached hydrogen (secondary N) is 1. The molecule has 0 saturated carbocycles. The van der Waals surface area contributed by atoms with Crippen LogP contribution in [0.5, 0.6) is 11.5 Å². The molecule has 1 aliphatic rings. The molecule has 2 aromatic carbocycles. The minimum atomic E-state index is -0.600. The fourth-order valence-corrected chi connectivity index (χ4v) is 2.70. The summed E-state index contributed by atoms with van der Waals surface area (Å²) in [7, 11) is 0. The Morgan fingerprint density at radius 3 is 2.57 bits per heavy atom. The molecule has 3 rings (SSSR count). The first-order valence-corrected chi connectivity index (χ1v) is 9.57. The van der Waals surface area contributed by atoms with Crippen LogP contribution in [0.4, 0.5) is 0 Å². The predicted molar refractivity (Wildman–Crippen MR) is 108 cm³/mol. The van der Waals surface area contributed by atoms with Crippen molar-refractivity contribution >= 4 is 33.9 Å². The Morgan fingerprint density at radius 2 is 1.86 bits per heavy atom. The molecular formula is C21H20BrNO5. The summed E-state index contributed by atoms with van der Waals surface area (Å²) in [6.45, 7) is 4.29. The third kappa shape index (κ3) is 5.13. The van der Waals surface area contributed by atoms with E-state index >= 15 is 0 Å². The summed E-state index contributed by atoms with van der Waals surface area (Å²) in [5, 5.41) is 2.65. The molecular weight excluding hydrogens is 426 g/mol. The number of benzene rings is 2. The van der Waals surface area contributed by atoms with E-state index in [9.17, 15) is 9.59 Å². The van der Waals surface area contributed by atoms with Crippen molar-refractivity contribution in [2.75, 3.05) is 13.4 Å². The summed E-state index contributed by atoms with van der Waals surface area (Å²) in [6, 6.07) is 12.1. The minimum Gasteiger partial charge on any atom is -0.461 e. The summed E-state index contributed by atoms with van der Waals surface area (Å²) >= 11 is 3.33. The SMILES string of the molecule is CC(C)COC(=O)/C(=C/c1ccc2c(c1)OCO2)NC(=O)c1ccc(Br)cc1. The van der Waals surface area contributed by atoms with Crippen LogP contribution in [0.3, 0.4) is 0 Å². The molecule has 0 aliphatic carbocycles. The number of rotatable bonds is 6. The van der Waals surface area contributed by atoms with E-state index in [0.717, 1.165) is 4.47 Å². The summed E-state index contributed by atoms with van der Waals surface area (Å²) in [5.41, 5.74) is 1.15. The maximum atomic E-state index is 12.6. The minimum absolute atomic E-state index is 0.0486. The zero-order valence-electron chi connectivity index (χ0n) is 15.5. The van der Waals surface area contributed by atoms with E-state index in [0.29, 0.717) is 22.6 Å². The zero-order valence-corrected chi connectivity index (χ0v) is 17.1. The van der Waals surface area contributed by atoms with Gasteiger partial charge in [-0.25, -0.2) is 4.79 Å². The van der Waals surface area contributed by atoms with E-state index in [2.05, 4.69) is 21.2 Å². The average molecular weight is 446 g/mol. The number of esters is 1. The Bertz CT molecular complexity index is 906. The number of fused-ring (bicyclic) bond motifs is 1. The molecule has 0 spiro atoms. The van der Waals surface area contributed by atoms with E-state index in [1.165, 1.54) is 0 Å². The monoisotopic (exact) mass is 445 g/mol. The Hall–Kier alpha value is -2.80. The van der Waals surface area contributed by atoms with Crippen molar-refractivity contribution in [1.29, 1.82) is 0 Å². The number of halogens is 1. The highest BCUT2D eigenvalue weighted by atomic mass is 79.9. The predicted octanol–water partition coefficient (Wildman–Crippen LogP) is 4.15. The fourth-order valence-electron chi connectivity index (χ4n) is 2.43. The number of hydrogen-bond donors (Lipinski definition) is 1. The van der Waals surface area contributed by atoms with Gasteiger partial charge in [0.25, 0.3) is 5.91 Å². The number of amides is 1. The van der Waals surface area contributed by atoms with E-state index in [4.69, 9.17) is 14.2 Å². The highest BCUT2D eigenvalue weighted by Gasteiger charge is 2.18. The van der Waals surface area contributed by atoms with Gasteiger partial charge in [0.2, 0.25) is 6.79 Å². The lowest BCUT2D eigenvalue weighted by atomic mass is 10.1. The molecule has 0 bridgehead atoms. The third-order valence-corrected chi connectivity index (χ3v) is 4.36. The van der Waals surface area contributed by atoms with E-state index in [1.54, 1.807) is 48.5 Å². The molecule has 0 atom stereocenters. The first kappa shape index (κ1) is 19.9. The average Bonchev–Trinajstić information content (AvgIpc) is 3.13. The maximum Gasteiger partial charge on any atom is 0.354 e. The van der Waals surface area contributed by atoms with Crippen LogP contribution in [0.2, 0.25) is 0 Å². The lowest BCUT2D eigenvalue weighted by molar-refractivity contribution is -0.140. The van der Waals surface area contributed by atoms with Crippen molar-refractivity contribution in [3.63, 3.8) is 0 Å². The highest BCUT2D eigenvalue weighted by molar-refractivity contribution is 9.10. The van der Waals surface area contributed by atoms with Crippen LogP contribution >= 0.6 is 15.9 Å². The van der Waals surface area contributed by atoms with Crippen molar-refractivity contribution in [2.45, 2.75) is 13.8 Å². The maximum absolute atomic E-state index is 12.6. The van der Waals surface area contributed by atoms with Gasteiger partial charge in [0.05, 0.1) is 6.61 Å². The van der Waals surface area contributed by atoms with Gasteiger partial charge in [-0.2, -0.15) is 0 Å². The zero-order chi connectivity index (χ0) is 20.1. The molecule has 0 saturated heterocycles. The third-order valence-electron chi connectivity index (χ3n) is 3.83. The van der Waals surface area contributed by atoms with Crippen molar-refractivity contribution < 1.29 is 23.8 Å². The molecule has 1 aliphatic heterocycles. The second-order valence-corrected chi connectivity index (χ2v) is 7.54. The number of carbonyl (C=O) groups is 2. The molecule has 0 fully saturated rings. The second-order valence-electron chi connectivity index (χ2n) is 6.62. The van der Waals surface area contributed by atoms with Crippen LogP contribution < -0.4 is 14.8 Å². The molecule has 0 aromatic heterocycles. The van der Waals surface area contributed by atoms with Crippen LogP contribution in [-0.4, -0.2) is 25.3 Å². The topological polar surface area (TPSA) is 73.9 Å². The standard InChI is InChI=1S/C21H20BrNO5/c1-13(2)11-26-21(25)17(23-20(24)15-4-6-16(22)7-5-15)9-14-3-8-18-19(10-14)28-12-27-18/h3-10,13H,11-12H2,1-2H3,(H,23,24)/b17-9-. The van der Waals surface area contributed by atoms with Gasteiger partial charge >= 0.3 is 5.97 Å². The van der Waals surface area contributed by atoms with Gasteiger partial charge in [-0.3, -0.25) is 4.79 Å². The van der Waals surface area contributed by atoms with Gasteiger partial charge in [-0.1, -0.05) is 35.8 Å². The number of hydrogen-bond acceptors (Lipinski definition) is 5. The first-order valence-electron chi connectivity index (χ1n) is 8.78. The summed E-state index contributed by atoms with van der Waals surface area (Å²) in [6.07, 6.45) is 1.56. The molecule has 146 valence electrons. The fraction of sp³-hybridized carbons (Fsp3) is 0.238. The van der Waals surface area contributed by atoms with Crippen molar-refractivity contribution in [3.05, 3.63) is 63.8 Å². The van der Waals surface area contributed by atoms with Crippen molar-refractivity contribution in [2.24, 2.45) is 5.92 Å². The molecule has 7 heteroatoms. The lowest BCUT2D eigenvalue weighted by Crippen LogP contribution is -2.29. The van der Waals surface area contributed by atoms with Crippen molar-refractivity contribution in [1.82, 2.24) is 5.32 Å². The molecule has 28 heavy (non-hydrogen) atoms. The Morgan fingerprint density at radius 1 is 1.14 bits per heavy atom. The first-order chi connectivity index (χ1) is 13.4. The second kappa shape index (κ2) is 8.93. The van der Waals surface area contributed by atoms with Gasteiger partial charge < -0.3 is 19.5 Å². The normalized spacial score (nSPS) is 12.8. The Kier molecular flexibility index (Phi) is 6.36. The number of ether oxygens (including phenoxy) is 3. The molecule has 0 unspecified atom stereocenters. The Balaban J connectivity index is 1.84. The van der Waals surface area contributed by atoms with Crippen LogP contribution in [0.15, 0.2) is 52.6 Å². The van der Waals surface area contributed by atoms with Gasteiger partial charge in [0.15, 0.2) is 11.5 Å². The molecule has 6 nitrogen and oxygen atoms in total. The molecule has 1 amide bonds.